The van der Waals surface area contributed by atoms with Gasteiger partial charge in [0.2, 0.25) is 0 Å². The molecule has 2 aromatic rings. The van der Waals surface area contributed by atoms with Crippen molar-refractivity contribution < 1.29 is 18.7 Å². The van der Waals surface area contributed by atoms with E-state index in [0.29, 0.717) is 24.3 Å². The second-order valence-corrected chi connectivity index (χ2v) is 5.83. The summed E-state index contributed by atoms with van der Waals surface area (Å²) in [5.41, 5.74) is 2.74. The fraction of sp³-hybridized carbons (Fsp3) is 0.250. The van der Waals surface area contributed by atoms with Gasteiger partial charge in [0.15, 0.2) is 17.3 Å². The number of ketones is 1. The lowest BCUT2D eigenvalue weighted by atomic mass is 9.81. The van der Waals surface area contributed by atoms with Crippen LogP contribution in [-0.4, -0.2) is 20.0 Å². The van der Waals surface area contributed by atoms with Gasteiger partial charge in [-0.05, 0) is 47.8 Å². The van der Waals surface area contributed by atoms with Gasteiger partial charge in [0, 0.05) is 12.0 Å². The normalized spacial score (nSPS) is 17.4. The standard InChI is InChI=1S/C20H19FO3/c1-23-19-5-3-4-18(20(19)24-2)15-10-14(11-17(22)12-15)13-6-8-16(21)9-7-13/h3-9,12,14H,10-11H2,1-2H3/t14-/m1/s1. The van der Waals surface area contributed by atoms with Gasteiger partial charge in [-0.25, -0.2) is 4.39 Å². The quantitative estimate of drug-likeness (QED) is 0.837. The van der Waals surface area contributed by atoms with E-state index in [4.69, 9.17) is 9.47 Å². The van der Waals surface area contributed by atoms with Crippen molar-refractivity contribution in [2.24, 2.45) is 0 Å². The van der Waals surface area contributed by atoms with E-state index >= 15 is 0 Å². The number of para-hydroxylation sites is 1. The van der Waals surface area contributed by atoms with Crippen molar-refractivity contribution in [3.8, 4) is 11.5 Å². The predicted molar refractivity (Wildman–Crippen MR) is 90.9 cm³/mol. The molecule has 1 aliphatic rings. The molecular weight excluding hydrogens is 307 g/mol. The van der Waals surface area contributed by atoms with Crippen molar-refractivity contribution in [2.75, 3.05) is 14.2 Å². The maximum atomic E-state index is 13.1. The molecule has 3 rings (SSSR count). The van der Waals surface area contributed by atoms with Crippen molar-refractivity contribution in [1.82, 2.24) is 0 Å². The summed E-state index contributed by atoms with van der Waals surface area (Å²) in [7, 11) is 3.17. The molecule has 0 saturated heterocycles. The highest BCUT2D eigenvalue weighted by molar-refractivity contribution is 6.00. The van der Waals surface area contributed by atoms with Crippen LogP contribution in [0.2, 0.25) is 0 Å². The molecule has 0 radical (unpaired) electrons. The zero-order valence-corrected chi connectivity index (χ0v) is 13.7. The van der Waals surface area contributed by atoms with Gasteiger partial charge in [-0.2, -0.15) is 0 Å². The summed E-state index contributed by atoms with van der Waals surface area (Å²) in [6.07, 6.45) is 2.81. The molecule has 0 heterocycles. The Morgan fingerprint density at radius 1 is 1.00 bits per heavy atom. The molecule has 0 aromatic heterocycles. The molecular formula is C20H19FO3. The van der Waals surface area contributed by atoms with Crippen LogP contribution in [0.15, 0.2) is 48.5 Å². The first-order valence-corrected chi connectivity index (χ1v) is 7.82. The monoisotopic (exact) mass is 326 g/mol. The van der Waals surface area contributed by atoms with Gasteiger partial charge >= 0.3 is 0 Å². The van der Waals surface area contributed by atoms with Gasteiger partial charge in [0.1, 0.15) is 5.82 Å². The van der Waals surface area contributed by atoms with Crippen LogP contribution in [0.1, 0.15) is 29.9 Å². The number of halogens is 1. The van der Waals surface area contributed by atoms with E-state index in [-0.39, 0.29) is 17.5 Å². The third kappa shape index (κ3) is 3.18. The number of hydrogen-bond donors (Lipinski definition) is 0. The fourth-order valence-corrected chi connectivity index (χ4v) is 3.19. The molecule has 0 N–H and O–H groups in total. The van der Waals surface area contributed by atoms with E-state index in [9.17, 15) is 9.18 Å². The SMILES string of the molecule is COc1cccc(C2=CC(=O)C[C@H](c3ccc(F)cc3)C2)c1OC. The van der Waals surface area contributed by atoms with Crippen molar-refractivity contribution in [1.29, 1.82) is 0 Å². The number of rotatable bonds is 4. The van der Waals surface area contributed by atoms with Crippen LogP contribution >= 0.6 is 0 Å². The summed E-state index contributed by atoms with van der Waals surface area (Å²) in [5, 5.41) is 0. The average Bonchev–Trinajstić information content (AvgIpc) is 2.61. The largest absolute Gasteiger partial charge is 0.493 e. The molecule has 0 amide bonds. The molecule has 3 nitrogen and oxygen atoms in total. The van der Waals surface area contributed by atoms with E-state index < -0.39 is 0 Å². The van der Waals surface area contributed by atoms with Crippen molar-refractivity contribution in [3.63, 3.8) is 0 Å². The first-order valence-electron chi connectivity index (χ1n) is 7.82. The average molecular weight is 326 g/mol. The van der Waals surface area contributed by atoms with Crippen molar-refractivity contribution >= 4 is 11.4 Å². The Kier molecular flexibility index (Phi) is 4.65. The zero-order chi connectivity index (χ0) is 17.1. The smallest absolute Gasteiger partial charge is 0.168 e. The highest BCUT2D eigenvalue weighted by Gasteiger charge is 2.25. The Hall–Kier alpha value is -2.62. The molecule has 0 aliphatic heterocycles. The number of carbonyl (C=O) groups excluding carboxylic acids is 1. The molecule has 0 fully saturated rings. The molecule has 24 heavy (non-hydrogen) atoms. The maximum absolute atomic E-state index is 13.1. The van der Waals surface area contributed by atoms with Crippen LogP contribution in [0.4, 0.5) is 4.39 Å². The van der Waals surface area contributed by atoms with Crippen LogP contribution in [0, 0.1) is 5.82 Å². The van der Waals surface area contributed by atoms with Crippen LogP contribution < -0.4 is 9.47 Å². The second kappa shape index (κ2) is 6.87. The van der Waals surface area contributed by atoms with Gasteiger partial charge in [-0.3, -0.25) is 4.79 Å². The number of allylic oxidation sites excluding steroid dienone is 2. The second-order valence-electron chi connectivity index (χ2n) is 5.83. The number of carbonyl (C=O) groups is 1. The van der Waals surface area contributed by atoms with E-state index in [1.54, 1.807) is 32.4 Å². The third-order valence-electron chi connectivity index (χ3n) is 4.34. The minimum absolute atomic E-state index is 0.0361. The van der Waals surface area contributed by atoms with Gasteiger partial charge in [-0.15, -0.1) is 0 Å². The summed E-state index contributed by atoms with van der Waals surface area (Å²) in [4.78, 5) is 12.2. The lowest BCUT2D eigenvalue weighted by Crippen LogP contribution is -2.13. The summed E-state index contributed by atoms with van der Waals surface area (Å²) in [5.74, 6) is 1.08. The van der Waals surface area contributed by atoms with E-state index in [2.05, 4.69) is 0 Å². The third-order valence-corrected chi connectivity index (χ3v) is 4.34. The summed E-state index contributed by atoms with van der Waals surface area (Å²) < 4.78 is 24.0. The first-order chi connectivity index (χ1) is 11.6. The van der Waals surface area contributed by atoms with Crippen molar-refractivity contribution in [2.45, 2.75) is 18.8 Å². The molecule has 0 bridgehead atoms. The van der Waals surface area contributed by atoms with E-state index in [0.717, 1.165) is 16.7 Å². The molecule has 0 spiro atoms. The molecule has 124 valence electrons. The van der Waals surface area contributed by atoms with Gasteiger partial charge in [0.25, 0.3) is 0 Å². The summed E-state index contributed by atoms with van der Waals surface area (Å²) in [6.45, 7) is 0. The fourth-order valence-electron chi connectivity index (χ4n) is 3.19. The predicted octanol–water partition coefficient (Wildman–Crippen LogP) is 4.37. The molecule has 0 unspecified atom stereocenters. The van der Waals surface area contributed by atoms with Gasteiger partial charge in [0.05, 0.1) is 14.2 Å². The Labute approximate surface area is 140 Å². The van der Waals surface area contributed by atoms with Gasteiger partial charge < -0.3 is 9.47 Å². The number of methoxy groups -OCH3 is 2. The molecule has 4 heteroatoms. The lowest BCUT2D eigenvalue weighted by molar-refractivity contribution is -0.115. The minimum Gasteiger partial charge on any atom is -0.493 e. The summed E-state index contributed by atoms with van der Waals surface area (Å²) in [6, 6.07) is 12.0. The minimum atomic E-state index is -0.272. The van der Waals surface area contributed by atoms with Crippen LogP contribution in [0.5, 0.6) is 11.5 Å². The van der Waals surface area contributed by atoms with Crippen LogP contribution in [0.3, 0.4) is 0 Å². The maximum Gasteiger partial charge on any atom is 0.168 e. The van der Waals surface area contributed by atoms with E-state index in [1.807, 2.05) is 18.2 Å². The molecule has 1 atom stereocenters. The van der Waals surface area contributed by atoms with E-state index in [1.165, 1.54) is 12.1 Å². The number of hydrogen-bond acceptors (Lipinski definition) is 3. The van der Waals surface area contributed by atoms with Crippen molar-refractivity contribution in [3.05, 3.63) is 65.5 Å². The number of ether oxygens (including phenoxy) is 2. The Morgan fingerprint density at radius 2 is 1.75 bits per heavy atom. The Bertz CT molecular complexity index is 778. The topological polar surface area (TPSA) is 35.5 Å². The highest BCUT2D eigenvalue weighted by Crippen LogP contribution is 2.42. The molecule has 0 saturated carbocycles. The molecule has 1 aliphatic carbocycles. The highest BCUT2D eigenvalue weighted by atomic mass is 19.1. The zero-order valence-electron chi connectivity index (χ0n) is 13.7. The van der Waals surface area contributed by atoms with Crippen LogP contribution in [0.25, 0.3) is 5.57 Å². The molecule has 2 aromatic carbocycles. The first kappa shape index (κ1) is 16.2. The van der Waals surface area contributed by atoms with Gasteiger partial charge in [-0.1, -0.05) is 24.3 Å². The Morgan fingerprint density at radius 3 is 2.42 bits per heavy atom. The summed E-state index contributed by atoms with van der Waals surface area (Å²) >= 11 is 0. The Balaban J connectivity index is 1.97. The van der Waals surface area contributed by atoms with Crippen LogP contribution in [-0.2, 0) is 4.79 Å². The lowest BCUT2D eigenvalue weighted by Gasteiger charge is -2.24. The number of benzene rings is 2.